The number of piperazine rings is 1. The second-order valence-electron chi connectivity index (χ2n) is 4.51. The molecule has 5 nitrogen and oxygen atoms in total. The number of halogens is 1. The van der Waals surface area contributed by atoms with Crippen molar-refractivity contribution in [2.24, 2.45) is 10.7 Å². The van der Waals surface area contributed by atoms with Crippen LogP contribution < -0.4 is 10.6 Å². The Morgan fingerprint density at radius 3 is 2.61 bits per heavy atom. The molecule has 1 aliphatic heterocycles. The van der Waals surface area contributed by atoms with Gasteiger partial charge in [0.15, 0.2) is 11.1 Å². The molecule has 0 radical (unpaired) electrons. The number of hydrogen-bond donors (Lipinski definition) is 1. The lowest BCUT2D eigenvalue weighted by Gasteiger charge is -2.35. The molecule has 0 aromatic carbocycles. The molecule has 0 atom stereocenters. The van der Waals surface area contributed by atoms with Gasteiger partial charge in [-0.25, -0.2) is 9.98 Å². The third-order valence-corrected chi connectivity index (χ3v) is 3.99. The van der Waals surface area contributed by atoms with Crippen LogP contribution in [0.5, 0.6) is 0 Å². The zero-order valence-corrected chi connectivity index (χ0v) is 13.3. The fourth-order valence-corrected chi connectivity index (χ4v) is 2.67. The zero-order valence-electron chi connectivity index (χ0n) is 10.2. The number of aliphatic imine (C=N–C) groups is 1. The molecule has 7 heteroatoms. The smallest absolute Gasteiger partial charge is 0.191 e. The summed E-state index contributed by atoms with van der Waals surface area (Å²) in [7, 11) is 0. The third kappa shape index (κ3) is 3.25. The van der Waals surface area contributed by atoms with Gasteiger partial charge in [-0.1, -0.05) is 0 Å². The minimum absolute atomic E-state index is 0. The Hall–Kier alpha value is -0.570. The number of anilines is 1. The molecular formula is C11H18IN5S. The van der Waals surface area contributed by atoms with Gasteiger partial charge in [0.2, 0.25) is 0 Å². The highest BCUT2D eigenvalue weighted by atomic mass is 127. The molecule has 2 heterocycles. The maximum atomic E-state index is 6.00. The van der Waals surface area contributed by atoms with Crippen LogP contribution >= 0.6 is 35.3 Å². The Labute approximate surface area is 128 Å². The van der Waals surface area contributed by atoms with E-state index in [1.165, 1.54) is 12.8 Å². The first-order valence-corrected chi connectivity index (χ1v) is 6.93. The predicted octanol–water partition coefficient (Wildman–Crippen LogP) is 1.36. The standard InChI is InChI=1S/C11H17N5S.HI/c12-10(14-9-1-2-9)15-4-6-16(7-5-15)11-13-3-8-17-11;/h3,8-9H,1-2,4-7H2,(H2,12,14);1H. The molecule has 1 saturated carbocycles. The lowest BCUT2D eigenvalue weighted by Crippen LogP contribution is -2.51. The summed E-state index contributed by atoms with van der Waals surface area (Å²) in [5.74, 6) is 0.728. The Balaban J connectivity index is 0.00000120. The van der Waals surface area contributed by atoms with E-state index in [0.717, 1.165) is 37.3 Å². The second kappa shape index (κ2) is 6.05. The van der Waals surface area contributed by atoms with E-state index < -0.39 is 0 Å². The minimum Gasteiger partial charge on any atom is -0.370 e. The molecule has 2 fully saturated rings. The summed E-state index contributed by atoms with van der Waals surface area (Å²) < 4.78 is 0. The number of hydrogen-bond acceptors (Lipinski definition) is 4. The van der Waals surface area contributed by atoms with Gasteiger partial charge in [-0.3, -0.25) is 0 Å². The largest absolute Gasteiger partial charge is 0.370 e. The van der Waals surface area contributed by atoms with Crippen molar-refractivity contribution in [2.45, 2.75) is 18.9 Å². The molecule has 2 aliphatic rings. The van der Waals surface area contributed by atoms with E-state index in [0.29, 0.717) is 6.04 Å². The van der Waals surface area contributed by atoms with Crippen molar-refractivity contribution in [3.8, 4) is 0 Å². The summed E-state index contributed by atoms with van der Waals surface area (Å²) >= 11 is 1.69. The first-order valence-electron chi connectivity index (χ1n) is 6.05. The number of guanidine groups is 1. The van der Waals surface area contributed by atoms with Gasteiger partial charge in [0.25, 0.3) is 0 Å². The topological polar surface area (TPSA) is 57.8 Å². The average Bonchev–Trinajstić information content (AvgIpc) is 3.00. The molecule has 2 N–H and O–H groups in total. The van der Waals surface area contributed by atoms with Crippen molar-refractivity contribution in [1.82, 2.24) is 9.88 Å². The van der Waals surface area contributed by atoms with Crippen molar-refractivity contribution in [1.29, 1.82) is 0 Å². The van der Waals surface area contributed by atoms with Gasteiger partial charge < -0.3 is 15.5 Å². The van der Waals surface area contributed by atoms with E-state index in [1.807, 2.05) is 11.6 Å². The van der Waals surface area contributed by atoms with Crippen molar-refractivity contribution in [2.75, 3.05) is 31.1 Å². The fraction of sp³-hybridized carbons (Fsp3) is 0.636. The fourth-order valence-electron chi connectivity index (χ4n) is 1.97. The first kappa shape index (κ1) is 13.9. The van der Waals surface area contributed by atoms with Crippen molar-refractivity contribution < 1.29 is 0 Å². The van der Waals surface area contributed by atoms with Crippen LogP contribution in [0.4, 0.5) is 5.13 Å². The maximum Gasteiger partial charge on any atom is 0.191 e. The predicted molar refractivity (Wildman–Crippen MR) is 86.0 cm³/mol. The van der Waals surface area contributed by atoms with Crippen LogP contribution in [0.3, 0.4) is 0 Å². The monoisotopic (exact) mass is 379 g/mol. The molecule has 0 unspecified atom stereocenters. The summed E-state index contributed by atoms with van der Waals surface area (Å²) in [6.45, 7) is 3.85. The lowest BCUT2D eigenvalue weighted by molar-refractivity contribution is 0.380. The Morgan fingerprint density at radius 1 is 1.33 bits per heavy atom. The van der Waals surface area contributed by atoms with Crippen molar-refractivity contribution in [3.63, 3.8) is 0 Å². The summed E-state index contributed by atoms with van der Waals surface area (Å²) in [5.41, 5.74) is 6.00. The number of aromatic nitrogens is 1. The van der Waals surface area contributed by atoms with Crippen LogP contribution in [0.15, 0.2) is 16.6 Å². The highest BCUT2D eigenvalue weighted by molar-refractivity contribution is 14.0. The van der Waals surface area contributed by atoms with E-state index in [2.05, 4.69) is 19.8 Å². The zero-order chi connectivity index (χ0) is 11.7. The Kier molecular flexibility index (Phi) is 4.66. The molecule has 18 heavy (non-hydrogen) atoms. The van der Waals surface area contributed by atoms with E-state index in [1.54, 1.807) is 11.3 Å². The minimum atomic E-state index is 0. The van der Waals surface area contributed by atoms with E-state index in [9.17, 15) is 0 Å². The molecule has 0 amide bonds. The highest BCUT2D eigenvalue weighted by Gasteiger charge is 2.24. The van der Waals surface area contributed by atoms with Crippen molar-refractivity contribution in [3.05, 3.63) is 11.6 Å². The van der Waals surface area contributed by atoms with Crippen LogP contribution in [0.25, 0.3) is 0 Å². The highest BCUT2D eigenvalue weighted by Crippen LogP contribution is 2.24. The Bertz CT molecular complexity index is 396. The lowest BCUT2D eigenvalue weighted by atomic mass is 10.3. The number of thiazole rings is 1. The van der Waals surface area contributed by atoms with Crippen LogP contribution in [0.2, 0.25) is 0 Å². The SMILES string of the molecule is I.NC(=NC1CC1)N1CCN(c2nccs2)CC1. The number of rotatable bonds is 2. The van der Waals surface area contributed by atoms with Gasteiger partial charge in [0.05, 0.1) is 6.04 Å². The van der Waals surface area contributed by atoms with E-state index in [-0.39, 0.29) is 24.0 Å². The molecule has 1 saturated heterocycles. The normalized spacial score (nSPS) is 20.8. The van der Waals surface area contributed by atoms with Gasteiger partial charge in [-0.05, 0) is 12.8 Å². The first-order chi connectivity index (χ1) is 8.33. The van der Waals surface area contributed by atoms with Gasteiger partial charge in [0, 0.05) is 37.8 Å². The summed E-state index contributed by atoms with van der Waals surface area (Å²) in [6.07, 6.45) is 4.27. The molecule has 0 bridgehead atoms. The van der Waals surface area contributed by atoms with Gasteiger partial charge in [-0.15, -0.1) is 35.3 Å². The molecule has 1 aromatic heterocycles. The van der Waals surface area contributed by atoms with Gasteiger partial charge in [0.1, 0.15) is 0 Å². The molecule has 3 rings (SSSR count). The summed E-state index contributed by atoms with van der Waals surface area (Å²) in [5, 5.41) is 3.13. The van der Waals surface area contributed by atoms with Crippen LogP contribution in [-0.4, -0.2) is 48.1 Å². The molecular weight excluding hydrogens is 361 g/mol. The van der Waals surface area contributed by atoms with Crippen LogP contribution in [-0.2, 0) is 0 Å². The van der Waals surface area contributed by atoms with E-state index >= 15 is 0 Å². The Morgan fingerprint density at radius 2 is 2.06 bits per heavy atom. The van der Waals surface area contributed by atoms with Crippen LogP contribution in [0.1, 0.15) is 12.8 Å². The summed E-state index contributed by atoms with van der Waals surface area (Å²) in [4.78, 5) is 13.3. The summed E-state index contributed by atoms with van der Waals surface area (Å²) in [6, 6.07) is 0.506. The average molecular weight is 379 g/mol. The molecule has 0 spiro atoms. The van der Waals surface area contributed by atoms with Gasteiger partial charge in [-0.2, -0.15) is 0 Å². The van der Waals surface area contributed by atoms with Crippen LogP contribution in [0, 0.1) is 0 Å². The third-order valence-electron chi connectivity index (χ3n) is 3.16. The molecule has 1 aliphatic carbocycles. The van der Waals surface area contributed by atoms with Gasteiger partial charge >= 0.3 is 0 Å². The van der Waals surface area contributed by atoms with E-state index in [4.69, 9.17) is 5.73 Å². The second-order valence-corrected chi connectivity index (χ2v) is 5.38. The number of nitrogens with zero attached hydrogens (tertiary/aromatic N) is 4. The maximum absolute atomic E-state index is 6.00. The molecule has 100 valence electrons. The number of nitrogens with two attached hydrogens (primary N) is 1. The quantitative estimate of drug-likeness (QED) is 0.479. The van der Waals surface area contributed by atoms with Crippen molar-refractivity contribution >= 4 is 46.4 Å². The molecule has 1 aromatic rings.